The van der Waals surface area contributed by atoms with E-state index in [2.05, 4.69) is 0 Å². The monoisotopic (exact) mass is 526 g/mol. The lowest BCUT2D eigenvalue weighted by atomic mass is 10.1. The number of nitro groups is 1. The molecule has 1 aliphatic rings. The zero-order valence-electron chi connectivity index (χ0n) is 18.9. The molecule has 4 aromatic rings. The minimum absolute atomic E-state index is 0.0292. The highest BCUT2D eigenvalue weighted by Gasteiger charge is 2.32. The Morgan fingerprint density at radius 2 is 1.81 bits per heavy atom. The SMILES string of the molecule is O=C(c1cccs1)N1CCN(c2c([N+](=O)[O-])c(=O)n(Cc3ccc(F)cc3)c3ccc(Cl)cc23)CC1. The van der Waals surface area contributed by atoms with Gasteiger partial charge in [-0.15, -0.1) is 11.3 Å². The molecule has 8 nitrogen and oxygen atoms in total. The Labute approximate surface area is 213 Å². The standard InChI is InChI=1S/C25H20ClFN4O4S/c26-17-5-8-20-19(14-17)22(28-9-11-29(12-10-28)24(32)21-2-1-13-36-21)23(31(34)35)25(33)30(20)15-16-3-6-18(27)7-4-16/h1-8,13-14H,9-12,15H2. The number of aromatic nitrogens is 1. The van der Waals surface area contributed by atoms with E-state index in [4.69, 9.17) is 11.6 Å². The molecule has 0 aliphatic carbocycles. The maximum atomic E-state index is 13.5. The van der Waals surface area contributed by atoms with Crippen LogP contribution in [0.5, 0.6) is 0 Å². The van der Waals surface area contributed by atoms with E-state index in [1.807, 2.05) is 11.4 Å². The number of carbonyl (C=O) groups excluding carboxylic acids is 1. The quantitative estimate of drug-likeness (QED) is 0.276. The molecule has 2 aromatic heterocycles. The average molecular weight is 527 g/mol. The van der Waals surface area contributed by atoms with Crippen LogP contribution in [0.25, 0.3) is 10.9 Å². The Balaban J connectivity index is 1.57. The number of halogens is 2. The Morgan fingerprint density at radius 3 is 2.44 bits per heavy atom. The molecular formula is C25H20ClFN4O4S. The van der Waals surface area contributed by atoms with Gasteiger partial charge in [-0.1, -0.05) is 29.8 Å². The lowest BCUT2D eigenvalue weighted by molar-refractivity contribution is -0.385. The number of carbonyl (C=O) groups is 1. The van der Waals surface area contributed by atoms with Gasteiger partial charge < -0.3 is 9.80 Å². The van der Waals surface area contributed by atoms with Gasteiger partial charge in [-0.2, -0.15) is 0 Å². The van der Waals surface area contributed by atoms with Crippen LogP contribution < -0.4 is 10.5 Å². The number of hydrogen-bond acceptors (Lipinski definition) is 6. The Morgan fingerprint density at radius 1 is 1.08 bits per heavy atom. The van der Waals surface area contributed by atoms with Crippen molar-refractivity contribution in [1.82, 2.24) is 9.47 Å². The number of hydrogen-bond donors (Lipinski definition) is 0. The fraction of sp³-hybridized carbons (Fsp3) is 0.200. The van der Waals surface area contributed by atoms with Crippen molar-refractivity contribution in [3.05, 3.63) is 102 Å². The van der Waals surface area contributed by atoms with Gasteiger partial charge in [0.05, 0.1) is 21.9 Å². The number of pyridine rings is 1. The third-order valence-electron chi connectivity index (χ3n) is 6.23. The summed E-state index contributed by atoms with van der Waals surface area (Å²) < 4.78 is 14.7. The summed E-state index contributed by atoms with van der Waals surface area (Å²) in [6.07, 6.45) is 0. The second-order valence-corrected chi connectivity index (χ2v) is 9.77. The van der Waals surface area contributed by atoms with Crippen molar-refractivity contribution in [2.45, 2.75) is 6.54 Å². The molecule has 36 heavy (non-hydrogen) atoms. The molecule has 3 heterocycles. The highest BCUT2D eigenvalue weighted by molar-refractivity contribution is 7.12. The number of nitrogens with zero attached hydrogens (tertiary/aromatic N) is 4. The lowest BCUT2D eigenvalue weighted by Gasteiger charge is -2.36. The minimum Gasteiger partial charge on any atom is -0.362 e. The van der Waals surface area contributed by atoms with Gasteiger partial charge in [-0.25, -0.2) is 4.39 Å². The van der Waals surface area contributed by atoms with Gasteiger partial charge in [-0.3, -0.25) is 24.3 Å². The first-order chi connectivity index (χ1) is 17.3. The molecule has 0 saturated carbocycles. The molecule has 2 aromatic carbocycles. The van der Waals surface area contributed by atoms with Gasteiger partial charge in [0, 0.05) is 36.6 Å². The topological polar surface area (TPSA) is 88.7 Å². The molecule has 0 atom stereocenters. The maximum absolute atomic E-state index is 13.5. The summed E-state index contributed by atoms with van der Waals surface area (Å²) in [6.45, 7) is 1.38. The third kappa shape index (κ3) is 4.45. The molecule has 0 N–H and O–H groups in total. The van der Waals surface area contributed by atoms with E-state index in [-0.39, 0.29) is 18.1 Å². The van der Waals surface area contributed by atoms with E-state index < -0.39 is 22.0 Å². The number of piperazine rings is 1. The van der Waals surface area contributed by atoms with Crippen molar-refractivity contribution in [3.8, 4) is 0 Å². The molecule has 0 spiro atoms. The number of thiophene rings is 1. The molecule has 1 fully saturated rings. The lowest BCUT2D eigenvalue weighted by Crippen LogP contribution is -2.49. The van der Waals surface area contributed by atoms with Crippen LogP contribution in [0.3, 0.4) is 0 Å². The van der Waals surface area contributed by atoms with Crippen molar-refractivity contribution in [1.29, 1.82) is 0 Å². The minimum atomic E-state index is -0.758. The van der Waals surface area contributed by atoms with Crippen LogP contribution in [-0.2, 0) is 6.54 Å². The van der Waals surface area contributed by atoms with Crippen molar-refractivity contribution in [3.63, 3.8) is 0 Å². The molecule has 0 bridgehead atoms. The predicted molar refractivity (Wildman–Crippen MR) is 138 cm³/mol. The highest BCUT2D eigenvalue weighted by atomic mass is 35.5. The first-order valence-electron chi connectivity index (χ1n) is 11.2. The molecule has 5 rings (SSSR count). The van der Waals surface area contributed by atoms with Crippen molar-refractivity contribution >= 4 is 51.1 Å². The number of benzene rings is 2. The molecule has 1 amide bonds. The largest absolute Gasteiger partial charge is 0.362 e. The summed E-state index contributed by atoms with van der Waals surface area (Å²) in [5, 5.41) is 14.9. The Hall–Kier alpha value is -3.76. The van der Waals surface area contributed by atoms with Gasteiger partial charge >= 0.3 is 11.2 Å². The van der Waals surface area contributed by atoms with Crippen LogP contribution >= 0.6 is 22.9 Å². The van der Waals surface area contributed by atoms with Gasteiger partial charge in [0.25, 0.3) is 5.91 Å². The molecule has 0 unspecified atom stereocenters. The van der Waals surface area contributed by atoms with E-state index >= 15 is 0 Å². The summed E-state index contributed by atoms with van der Waals surface area (Å²) in [5.74, 6) is -0.498. The van der Waals surface area contributed by atoms with E-state index in [1.54, 1.807) is 34.1 Å². The van der Waals surface area contributed by atoms with Crippen molar-refractivity contribution in [2.24, 2.45) is 0 Å². The highest BCUT2D eigenvalue weighted by Crippen LogP contribution is 2.36. The van der Waals surface area contributed by atoms with Crippen molar-refractivity contribution < 1.29 is 14.1 Å². The molecule has 184 valence electrons. The van der Waals surface area contributed by atoms with E-state index in [0.29, 0.717) is 52.5 Å². The third-order valence-corrected chi connectivity index (χ3v) is 7.32. The number of rotatable bonds is 5. The molecule has 1 aliphatic heterocycles. The summed E-state index contributed by atoms with van der Waals surface area (Å²) in [5.41, 5.74) is -0.0128. The van der Waals surface area contributed by atoms with E-state index in [9.17, 15) is 24.1 Å². The van der Waals surface area contributed by atoms with E-state index in [1.165, 1.54) is 40.2 Å². The zero-order valence-corrected chi connectivity index (χ0v) is 20.5. The Bertz CT molecular complexity index is 1510. The first-order valence-corrected chi connectivity index (χ1v) is 12.4. The van der Waals surface area contributed by atoms with Gasteiger partial charge in [-0.05, 0) is 47.3 Å². The van der Waals surface area contributed by atoms with Crippen LogP contribution in [0.2, 0.25) is 5.02 Å². The predicted octanol–water partition coefficient (Wildman–Crippen LogP) is 4.77. The van der Waals surface area contributed by atoms with Gasteiger partial charge in [0.2, 0.25) is 0 Å². The average Bonchev–Trinajstić information content (AvgIpc) is 3.41. The molecule has 1 saturated heterocycles. The molecule has 11 heteroatoms. The van der Waals surface area contributed by atoms with Crippen LogP contribution in [0.1, 0.15) is 15.2 Å². The summed E-state index contributed by atoms with van der Waals surface area (Å²) in [6, 6.07) is 14.1. The number of fused-ring (bicyclic) bond motifs is 1. The number of anilines is 1. The normalized spacial score (nSPS) is 13.8. The molecular weight excluding hydrogens is 507 g/mol. The van der Waals surface area contributed by atoms with Gasteiger partial charge in [0.15, 0.2) is 0 Å². The second kappa shape index (κ2) is 9.71. The second-order valence-electron chi connectivity index (χ2n) is 8.39. The summed E-state index contributed by atoms with van der Waals surface area (Å²) in [7, 11) is 0. The van der Waals surface area contributed by atoms with Gasteiger partial charge in [0.1, 0.15) is 11.5 Å². The fourth-order valence-electron chi connectivity index (χ4n) is 4.50. The van der Waals surface area contributed by atoms with E-state index in [0.717, 1.165) is 0 Å². The molecule has 0 radical (unpaired) electrons. The van der Waals surface area contributed by atoms with Crippen LogP contribution in [0, 0.1) is 15.9 Å². The fourth-order valence-corrected chi connectivity index (χ4v) is 5.37. The smallest absolute Gasteiger partial charge is 0.357 e. The van der Waals surface area contributed by atoms with Crippen LogP contribution in [0.15, 0.2) is 64.8 Å². The summed E-state index contributed by atoms with van der Waals surface area (Å²) >= 11 is 7.65. The Kier molecular flexibility index (Phi) is 6.46. The van der Waals surface area contributed by atoms with Crippen molar-refractivity contribution in [2.75, 3.05) is 31.1 Å². The zero-order chi connectivity index (χ0) is 25.4. The summed E-state index contributed by atoms with van der Waals surface area (Å²) in [4.78, 5) is 41.9. The maximum Gasteiger partial charge on any atom is 0.357 e. The number of amides is 1. The first kappa shape index (κ1) is 24.0. The van der Waals surface area contributed by atoms with Crippen LogP contribution in [-0.4, -0.2) is 46.5 Å². The van der Waals surface area contributed by atoms with Crippen LogP contribution in [0.4, 0.5) is 15.8 Å².